The molecule has 2 aromatic carbocycles. The van der Waals surface area contributed by atoms with E-state index in [0.717, 1.165) is 11.1 Å². The van der Waals surface area contributed by atoms with E-state index in [1.54, 1.807) is 6.92 Å². The fourth-order valence-corrected chi connectivity index (χ4v) is 1.99. The summed E-state index contributed by atoms with van der Waals surface area (Å²) in [5.74, 6) is 0. The molecule has 0 saturated carbocycles. The van der Waals surface area contributed by atoms with Crippen LogP contribution in [0.25, 0.3) is 11.1 Å². The summed E-state index contributed by atoms with van der Waals surface area (Å²) in [7, 11) is 0. The van der Waals surface area contributed by atoms with Gasteiger partial charge in [-0.2, -0.15) is 0 Å². The van der Waals surface area contributed by atoms with E-state index in [4.69, 9.17) is 5.11 Å². The molecular formula is C14H12N2O4. The summed E-state index contributed by atoms with van der Waals surface area (Å²) in [6.45, 7) is 1.78. The molecule has 0 aliphatic rings. The van der Waals surface area contributed by atoms with E-state index in [0.29, 0.717) is 5.56 Å². The molecule has 6 heteroatoms. The minimum atomic E-state index is -1.33. The van der Waals surface area contributed by atoms with Crippen molar-refractivity contribution in [3.63, 3.8) is 0 Å². The van der Waals surface area contributed by atoms with Gasteiger partial charge >= 0.3 is 6.09 Å². The Bertz CT molecular complexity index is 668. The highest BCUT2D eigenvalue weighted by molar-refractivity contribution is 5.88. The van der Waals surface area contributed by atoms with Crippen molar-refractivity contribution in [3.05, 3.63) is 58.1 Å². The Hall–Kier alpha value is -2.89. The van der Waals surface area contributed by atoms with E-state index < -0.39 is 11.0 Å². The molecule has 2 rings (SSSR count). The normalized spacial score (nSPS) is 10.1. The molecule has 0 spiro atoms. The Balaban J connectivity index is 2.59. The fourth-order valence-electron chi connectivity index (χ4n) is 1.99. The molecule has 0 aromatic heterocycles. The number of carbonyl (C=O) groups is 1. The minimum Gasteiger partial charge on any atom is -0.465 e. The van der Waals surface area contributed by atoms with Crippen LogP contribution in [0.1, 0.15) is 5.56 Å². The lowest BCUT2D eigenvalue weighted by Gasteiger charge is -2.09. The van der Waals surface area contributed by atoms with Crippen molar-refractivity contribution < 1.29 is 14.8 Å². The molecule has 6 nitrogen and oxygen atoms in total. The SMILES string of the molecule is Cc1cc(NC(=O)O)c([N+](=O)[O-])cc1-c1ccccc1. The number of nitro groups is 1. The minimum absolute atomic E-state index is 0.0281. The fraction of sp³-hybridized carbons (Fsp3) is 0.0714. The van der Waals surface area contributed by atoms with Crippen LogP contribution in [-0.2, 0) is 0 Å². The van der Waals surface area contributed by atoms with Gasteiger partial charge in [0, 0.05) is 6.07 Å². The van der Waals surface area contributed by atoms with Gasteiger partial charge < -0.3 is 5.11 Å². The monoisotopic (exact) mass is 272 g/mol. The van der Waals surface area contributed by atoms with Gasteiger partial charge in [0.25, 0.3) is 5.69 Å². The standard InChI is InChI=1S/C14H12N2O4/c1-9-7-12(15-14(17)18)13(16(19)20)8-11(9)10-5-3-2-4-6-10/h2-8,15H,1H3,(H,17,18). The first-order chi connectivity index (χ1) is 9.49. The highest BCUT2D eigenvalue weighted by atomic mass is 16.6. The number of anilines is 1. The van der Waals surface area contributed by atoms with Crippen LogP contribution < -0.4 is 5.32 Å². The van der Waals surface area contributed by atoms with Crippen molar-refractivity contribution in [1.29, 1.82) is 0 Å². The number of nitrogens with one attached hydrogen (secondary N) is 1. The molecular weight excluding hydrogens is 260 g/mol. The Labute approximate surface area is 114 Å². The summed E-state index contributed by atoms with van der Waals surface area (Å²) in [5.41, 5.74) is 2.00. The van der Waals surface area contributed by atoms with E-state index in [1.807, 2.05) is 35.6 Å². The second-order valence-corrected chi connectivity index (χ2v) is 4.24. The zero-order chi connectivity index (χ0) is 14.7. The lowest BCUT2D eigenvalue weighted by molar-refractivity contribution is -0.383. The van der Waals surface area contributed by atoms with E-state index in [1.165, 1.54) is 12.1 Å². The van der Waals surface area contributed by atoms with Crippen molar-refractivity contribution in [2.75, 3.05) is 5.32 Å². The predicted octanol–water partition coefficient (Wildman–Crippen LogP) is 3.66. The molecule has 0 unspecified atom stereocenters. The zero-order valence-corrected chi connectivity index (χ0v) is 10.7. The number of benzene rings is 2. The van der Waals surface area contributed by atoms with Gasteiger partial charge in [-0.3, -0.25) is 15.4 Å². The predicted molar refractivity (Wildman–Crippen MR) is 74.9 cm³/mol. The van der Waals surface area contributed by atoms with Crippen molar-refractivity contribution in [2.45, 2.75) is 6.92 Å². The maximum Gasteiger partial charge on any atom is 0.409 e. The molecule has 0 aliphatic heterocycles. The average Bonchev–Trinajstić information content (AvgIpc) is 2.38. The van der Waals surface area contributed by atoms with Crippen molar-refractivity contribution >= 4 is 17.5 Å². The van der Waals surface area contributed by atoms with Gasteiger partial charge in [-0.05, 0) is 29.7 Å². The smallest absolute Gasteiger partial charge is 0.409 e. The van der Waals surface area contributed by atoms with Crippen LogP contribution in [0, 0.1) is 17.0 Å². The average molecular weight is 272 g/mol. The maximum atomic E-state index is 11.1. The van der Waals surface area contributed by atoms with Gasteiger partial charge in [0.15, 0.2) is 0 Å². The van der Waals surface area contributed by atoms with E-state index in [9.17, 15) is 14.9 Å². The van der Waals surface area contributed by atoms with E-state index in [2.05, 4.69) is 0 Å². The molecule has 0 aliphatic carbocycles. The first-order valence-corrected chi connectivity index (χ1v) is 5.83. The summed E-state index contributed by atoms with van der Waals surface area (Å²) < 4.78 is 0. The lowest BCUT2D eigenvalue weighted by Crippen LogP contribution is -2.09. The second kappa shape index (κ2) is 5.40. The van der Waals surface area contributed by atoms with Gasteiger partial charge in [0.1, 0.15) is 5.69 Å². The summed E-state index contributed by atoms with van der Waals surface area (Å²) in [6, 6.07) is 12.1. The number of aryl methyl sites for hydroxylation is 1. The molecule has 0 bridgehead atoms. The second-order valence-electron chi connectivity index (χ2n) is 4.24. The zero-order valence-electron chi connectivity index (χ0n) is 10.7. The van der Waals surface area contributed by atoms with Crippen LogP contribution in [0.3, 0.4) is 0 Å². The lowest BCUT2D eigenvalue weighted by atomic mass is 9.99. The highest BCUT2D eigenvalue weighted by Gasteiger charge is 2.18. The number of rotatable bonds is 3. The van der Waals surface area contributed by atoms with Crippen LogP contribution in [0.15, 0.2) is 42.5 Å². The van der Waals surface area contributed by atoms with Gasteiger partial charge in [0.05, 0.1) is 4.92 Å². The van der Waals surface area contributed by atoms with Gasteiger partial charge in [0.2, 0.25) is 0 Å². The van der Waals surface area contributed by atoms with Crippen molar-refractivity contribution in [3.8, 4) is 11.1 Å². The topological polar surface area (TPSA) is 92.5 Å². The van der Waals surface area contributed by atoms with Crippen LogP contribution in [0.2, 0.25) is 0 Å². The number of amides is 1. The van der Waals surface area contributed by atoms with Crippen molar-refractivity contribution in [2.24, 2.45) is 0 Å². The molecule has 0 atom stereocenters. The van der Waals surface area contributed by atoms with Crippen LogP contribution in [0.4, 0.5) is 16.2 Å². The summed E-state index contributed by atoms with van der Waals surface area (Å²) in [6.07, 6.45) is -1.33. The molecule has 0 radical (unpaired) electrons. The third-order valence-corrected chi connectivity index (χ3v) is 2.87. The Morgan fingerprint density at radius 2 is 1.90 bits per heavy atom. The first kappa shape index (κ1) is 13.5. The largest absolute Gasteiger partial charge is 0.465 e. The quantitative estimate of drug-likeness (QED) is 0.658. The van der Waals surface area contributed by atoms with Gasteiger partial charge in [-0.15, -0.1) is 0 Å². The van der Waals surface area contributed by atoms with E-state index in [-0.39, 0.29) is 11.4 Å². The molecule has 0 saturated heterocycles. The summed E-state index contributed by atoms with van der Waals surface area (Å²) in [4.78, 5) is 21.1. The first-order valence-electron chi connectivity index (χ1n) is 5.83. The molecule has 2 aromatic rings. The van der Waals surface area contributed by atoms with Crippen LogP contribution >= 0.6 is 0 Å². The van der Waals surface area contributed by atoms with Crippen LogP contribution in [0.5, 0.6) is 0 Å². The maximum absolute atomic E-state index is 11.1. The Kier molecular flexibility index (Phi) is 3.65. The Morgan fingerprint density at radius 1 is 1.25 bits per heavy atom. The van der Waals surface area contributed by atoms with Crippen molar-refractivity contribution in [1.82, 2.24) is 0 Å². The number of carboxylic acid groups (broad SMARTS) is 1. The molecule has 0 heterocycles. The molecule has 0 fully saturated rings. The van der Waals surface area contributed by atoms with E-state index >= 15 is 0 Å². The van der Waals surface area contributed by atoms with Gasteiger partial charge in [-0.25, -0.2) is 4.79 Å². The third kappa shape index (κ3) is 2.74. The highest BCUT2D eigenvalue weighted by Crippen LogP contribution is 2.33. The summed E-state index contributed by atoms with van der Waals surface area (Å²) >= 11 is 0. The molecule has 20 heavy (non-hydrogen) atoms. The third-order valence-electron chi connectivity index (χ3n) is 2.87. The number of hydrogen-bond donors (Lipinski definition) is 2. The van der Waals surface area contributed by atoms with Gasteiger partial charge in [-0.1, -0.05) is 30.3 Å². The molecule has 2 N–H and O–H groups in total. The Morgan fingerprint density at radius 3 is 2.45 bits per heavy atom. The molecule has 102 valence electrons. The molecule has 1 amide bonds. The number of hydrogen-bond acceptors (Lipinski definition) is 3. The van der Waals surface area contributed by atoms with Crippen LogP contribution in [-0.4, -0.2) is 16.1 Å². The number of nitrogens with zero attached hydrogens (tertiary/aromatic N) is 1. The number of nitro benzene ring substituents is 1. The summed E-state index contributed by atoms with van der Waals surface area (Å²) in [5, 5.41) is 21.8.